The van der Waals surface area contributed by atoms with E-state index in [1.54, 1.807) is 13.0 Å². The Hall–Kier alpha value is -2.01. The predicted octanol–water partition coefficient (Wildman–Crippen LogP) is 4.09. The normalized spacial score (nSPS) is 26.7. The summed E-state index contributed by atoms with van der Waals surface area (Å²) >= 11 is 6.29. The minimum absolute atomic E-state index is 0.0685. The summed E-state index contributed by atoms with van der Waals surface area (Å²) in [7, 11) is 0. The second kappa shape index (κ2) is 7.48. The number of urea groups is 1. The number of rotatable bonds is 3. The standard InChI is InChI=1S/C19H23ClN2O3/c1-11-6-5-7-13(10-11)25-18(23)16-12(2)21-19(24)22-17(16)14-8-3-4-9-15(14)20/h3-4,8-9,11,13,17H,5-7,10H2,1-2H3,(H2,21,22,24)/t11-,13+,17-/m1/s1. The minimum Gasteiger partial charge on any atom is -0.459 e. The third-order valence-electron chi connectivity index (χ3n) is 4.87. The number of allylic oxidation sites excluding steroid dienone is 1. The van der Waals surface area contributed by atoms with Crippen molar-refractivity contribution in [2.24, 2.45) is 5.92 Å². The quantitative estimate of drug-likeness (QED) is 0.796. The molecule has 134 valence electrons. The molecule has 1 aliphatic carbocycles. The van der Waals surface area contributed by atoms with Gasteiger partial charge in [-0.3, -0.25) is 0 Å². The first-order valence-electron chi connectivity index (χ1n) is 8.69. The summed E-state index contributed by atoms with van der Waals surface area (Å²) in [5.41, 5.74) is 1.59. The molecule has 2 aliphatic rings. The maximum atomic E-state index is 12.9. The van der Waals surface area contributed by atoms with Crippen LogP contribution in [0.25, 0.3) is 0 Å². The Morgan fingerprint density at radius 1 is 1.28 bits per heavy atom. The first-order valence-corrected chi connectivity index (χ1v) is 9.07. The van der Waals surface area contributed by atoms with Crippen molar-refractivity contribution >= 4 is 23.6 Å². The molecule has 0 spiro atoms. The van der Waals surface area contributed by atoms with Crippen LogP contribution < -0.4 is 10.6 Å². The molecule has 0 radical (unpaired) electrons. The lowest BCUT2D eigenvalue weighted by Crippen LogP contribution is -2.45. The van der Waals surface area contributed by atoms with E-state index in [0.29, 0.717) is 27.8 Å². The smallest absolute Gasteiger partial charge is 0.338 e. The summed E-state index contributed by atoms with van der Waals surface area (Å²) in [5, 5.41) is 5.95. The van der Waals surface area contributed by atoms with Crippen molar-refractivity contribution in [2.45, 2.75) is 51.7 Å². The molecule has 1 saturated carbocycles. The van der Waals surface area contributed by atoms with Crippen molar-refractivity contribution < 1.29 is 14.3 Å². The van der Waals surface area contributed by atoms with Gasteiger partial charge in [-0.2, -0.15) is 0 Å². The predicted molar refractivity (Wildman–Crippen MR) is 96.1 cm³/mol. The second-order valence-corrected chi connectivity index (χ2v) is 7.30. The molecule has 5 nitrogen and oxygen atoms in total. The Bertz CT molecular complexity index is 716. The van der Waals surface area contributed by atoms with Gasteiger partial charge in [0.15, 0.2) is 0 Å². The molecule has 3 rings (SSSR count). The van der Waals surface area contributed by atoms with Crippen LogP contribution in [0.4, 0.5) is 4.79 Å². The van der Waals surface area contributed by atoms with E-state index in [1.165, 1.54) is 6.42 Å². The number of benzene rings is 1. The van der Waals surface area contributed by atoms with Gasteiger partial charge in [0.05, 0.1) is 11.6 Å². The van der Waals surface area contributed by atoms with E-state index < -0.39 is 12.0 Å². The highest BCUT2D eigenvalue weighted by Gasteiger charge is 2.34. The molecule has 0 unspecified atom stereocenters. The van der Waals surface area contributed by atoms with Crippen LogP contribution in [0.5, 0.6) is 0 Å². The fraction of sp³-hybridized carbons (Fsp3) is 0.474. The Morgan fingerprint density at radius 3 is 2.76 bits per heavy atom. The molecule has 1 aromatic rings. The second-order valence-electron chi connectivity index (χ2n) is 6.89. The molecule has 3 atom stereocenters. The summed E-state index contributed by atoms with van der Waals surface area (Å²) < 4.78 is 5.77. The fourth-order valence-corrected chi connectivity index (χ4v) is 3.85. The van der Waals surface area contributed by atoms with Gasteiger partial charge in [-0.05, 0) is 43.7 Å². The summed E-state index contributed by atoms with van der Waals surface area (Å²) in [6.07, 6.45) is 3.95. The number of esters is 1. The monoisotopic (exact) mass is 362 g/mol. The summed E-state index contributed by atoms with van der Waals surface area (Å²) in [5.74, 6) is 0.166. The Labute approximate surface area is 152 Å². The number of carbonyl (C=O) groups is 2. The summed E-state index contributed by atoms with van der Waals surface area (Å²) in [6, 6.07) is 6.22. The van der Waals surface area contributed by atoms with Crippen LogP contribution >= 0.6 is 11.6 Å². The first kappa shape index (κ1) is 17.8. The van der Waals surface area contributed by atoms with Crippen LogP contribution in [0.15, 0.2) is 35.5 Å². The van der Waals surface area contributed by atoms with Crippen LogP contribution in [0.2, 0.25) is 5.02 Å². The molecular formula is C19H23ClN2O3. The van der Waals surface area contributed by atoms with E-state index in [1.807, 2.05) is 18.2 Å². The number of hydrogen-bond acceptors (Lipinski definition) is 3. The number of nitrogens with one attached hydrogen (secondary N) is 2. The molecule has 0 bridgehead atoms. The van der Waals surface area contributed by atoms with Gasteiger partial charge >= 0.3 is 12.0 Å². The Balaban J connectivity index is 1.87. The zero-order valence-corrected chi connectivity index (χ0v) is 15.2. The van der Waals surface area contributed by atoms with Gasteiger partial charge < -0.3 is 15.4 Å². The van der Waals surface area contributed by atoms with Gasteiger partial charge in [-0.25, -0.2) is 9.59 Å². The maximum absolute atomic E-state index is 12.9. The van der Waals surface area contributed by atoms with Crippen LogP contribution in [-0.4, -0.2) is 18.1 Å². The van der Waals surface area contributed by atoms with E-state index >= 15 is 0 Å². The Kier molecular flexibility index (Phi) is 5.33. The van der Waals surface area contributed by atoms with Crippen molar-refractivity contribution in [3.63, 3.8) is 0 Å². The van der Waals surface area contributed by atoms with Crippen molar-refractivity contribution in [3.8, 4) is 0 Å². The minimum atomic E-state index is -0.615. The van der Waals surface area contributed by atoms with Crippen LogP contribution in [0.1, 0.15) is 51.1 Å². The highest BCUT2D eigenvalue weighted by atomic mass is 35.5. The first-order chi connectivity index (χ1) is 12.0. The SMILES string of the molecule is CC1=C(C(=O)O[C@H]2CCC[C@@H](C)C2)[C@@H](c2ccccc2Cl)NC(=O)N1. The third kappa shape index (κ3) is 3.98. The summed E-state index contributed by atoms with van der Waals surface area (Å²) in [4.78, 5) is 24.8. The van der Waals surface area contributed by atoms with Crippen LogP contribution in [0.3, 0.4) is 0 Å². The van der Waals surface area contributed by atoms with Crippen molar-refractivity contribution in [2.75, 3.05) is 0 Å². The third-order valence-corrected chi connectivity index (χ3v) is 5.21. The molecule has 2 N–H and O–H groups in total. The lowest BCUT2D eigenvalue weighted by Gasteiger charge is -2.31. The lowest BCUT2D eigenvalue weighted by atomic mass is 9.88. The Morgan fingerprint density at radius 2 is 2.04 bits per heavy atom. The number of halogens is 1. The van der Waals surface area contributed by atoms with Gasteiger partial charge in [-0.15, -0.1) is 0 Å². The van der Waals surface area contributed by atoms with E-state index in [2.05, 4.69) is 17.6 Å². The number of ether oxygens (including phenoxy) is 1. The summed E-state index contributed by atoms with van der Waals surface area (Å²) in [6.45, 7) is 3.89. The molecule has 1 aliphatic heterocycles. The van der Waals surface area contributed by atoms with Gasteiger partial charge in [0.2, 0.25) is 0 Å². The van der Waals surface area contributed by atoms with Crippen LogP contribution in [0, 0.1) is 5.92 Å². The van der Waals surface area contributed by atoms with E-state index in [0.717, 1.165) is 19.3 Å². The zero-order valence-electron chi connectivity index (χ0n) is 14.5. The van der Waals surface area contributed by atoms with E-state index in [-0.39, 0.29) is 12.1 Å². The van der Waals surface area contributed by atoms with Crippen molar-refractivity contribution in [3.05, 3.63) is 46.1 Å². The molecule has 1 heterocycles. The van der Waals surface area contributed by atoms with Gasteiger partial charge in [0.25, 0.3) is 0 Å². The fourth-order valence-electron chi connectivity index (χ4n) is 3.61. The average Bonchev–Trinajstić information content (AvgIpc) is 2.54. The topological polar surface area (TPSA) is 67.4 Å². The van der Waals surface area contributed by atoms with Crippen LogP contribution in [-0.2, 0) is 9.53 Å². The van der Waals surface area contributed by atoms with Crippen molar-refractivity contribution in [1.29, 1.82) is 0 Å². The largest absolute Gasteiger partial charge is 0.459 e. The molecule has 1 fully saturated rings. The molecule has 6 heteroatoms. The highest BCUT2D eigenvalue weighted by molar-refractivity contribution is 6.31. The van der Waals surface area contributed by atoms with Crippen molar-refractivity contribution in [1.82, 2.24) is 10.6 Å². The highest BCUT2D eigenvalue weighted by Crippen LogP contribution is 2.33. The van der Waals surface area contributed by atoms with Gasteiger partial charge in [0, 0.05) is 10.7 Å². The molecule has 1 aromatic carbocycles. The number of hydrogen-bond donors (Lipinski definition) is 2. The zero-order chi connectivity index (χ0) is 18.0. The van der Waals surface area contributed by atoms with Gasteiger partial charge in [0.1, 0.15) is 6.10 Å². The number of carbonyl (C=O) groups excluding carboxylic acids is 2. The van der Waals surface area contributed by atoms with Gasteiger partial charge in [-0.1, -0.05) is 43.1 Å². The molecular weight excluding hydrogens is 340 g/mol. The van der Waals surface area contributed by atoms with E-state index in [9.17, 15) is 9.59 Å². The molecule has 0 saturated heterocycles. The average molecular weight is 363 g/mol. The lowest BCUT2D eigenvalue weighted by molar-refractivity contribution is -0.146. The molecule has 0 aromatic heterocycles. The molecule has 25 heavy (non-hydrogen) atoms. The molecule has 2 amide bonds. The van der Waals surface area contributed by atoms with E-state index in [4.69, 9.17) is 16.3 Å². The maximum Gasteiger partial charge on any atom is 0.338 e. The number of amides is 2.